The Hall–Kier alpha value is -0.580. The summed E-state index contributed by atoms with van der Waals surface area (Å²) in [4.78, 5) is 5.33. The van der Waals surface area contributed by atoms with E-state index in [2.05, 4.69) is 4.98 Å². The molecule has 1 aromatic rings. The third kappa shape index (κ3) is 4.20. The Morgan fingerprint density at radius 1 is 1.53 bits per heavy atom. The standard InChI is InChI=1S/C11H17NO2S/c1-3-11(13)10-5-4-9(8-12-10)15-7-6-14-2/h4-5,8,11,13H,3,6-7H2,1-2H3. The minimum Gasteiger partial charge on any atom is -0.387 e. The summed E-state index contributed by atoms with van der Waals surface area (Å²) >= 11 is 1.70. The summed E-state index contributed by atoms with van der Waals surface area (Å²) in [6.45, 7) is 2.68. The Morgan fingerprint density at radius 2 is 2.33 bits per heavy atom. The highest BCUT2D eigenvalue weighted by molar-refractivity contribution is 7.99. The maximum Gasteiger partial charge on any atom is 0.0957 e. The number of aliphatic hydroxyl groups excluding tert-OH is 1. The summed E-state index contributed by atoms with van der Waals surface area (Å²) in [5, 5.41) is 9.54. The number of pyridine rings is 1. The predicted octanol–water partition coefficient (Wildman–Crippen LogP) is 2.26. The van der Waals surface area contributed by atoms with E-state index < -0.39 is 6.10 Å². The van der Waals surface area contributed by atoms with Gasteiger partial charge >= 0.3 is 0 Å². The van der Waals surface area contributed by atoms with Crippen LogP contribution in [0, 0.1) is 0 Å². The highest BCUT2D eigenvalue weighted by atomic mass is 32.2. The zero-order valence-electron chi connectivity index (χ0n) is 9.14. The first kappa shape index (κ1) is 12.5. The second-order valence-electron chi connectivity index (χ2n) is 3.18. The van der Waals surface area contributed by atoms with Gasteiger partial charge in [-0.15, -0.1) is 11.8 Å². The van der Waals surface area contributed by atoms with Crippen LogP contribution in [0.15, 0.2) is 23.2 Å². The molecule has 4 heteroatoms. The number of hydrogen-bond donors (Lipinski definition) is 1. The van der Waals surface area contributed by atoms with Crippen LogP contribution in [0.4, 0.5) is 0 Å². The van der Waals surface area contributed by atoms with Crippen LogP contribution in [0.1, 0.15) is 25.1 Å². The van der Waals surface area contributed by atoms with E-state index in [0.717, 1.165) is 22.9 Å². The third-order valence-corrected chi connectivity index (χ3v) is 2.99. The Bertz CT molecular complexity index is 276. The molecule has 0 spiro atoms. The zero-order valence-corrected chi connectivity index (χ0v) is 9.96. The fourth-order valence-corrected chi connectivity index (χ4v) is 1.90. The number of nitrogens with zero attached hydrogens (tertiary/aromatic N) is 1. The molecule has 0 saturated heterocycles. The highest BCUT2D eigenvalue weighted by Crippen LogP contribution is 2.19. The molecule has 84 valence electrons. The molecule has 0 aromatic carbocycles. The number of rotatable bonds is 6. The van der Waals surface area contributed by atoms with E-state index >= 15 is 0 Å². The van der Waals surface area contributed by atoms with Crippen molar-refractivity contribution in [3.05, 3.63) is 24.0 Å². The monoisotopic (exact) mass is 227 g/mol. The predicted molar refractivity (Wildman–Crippen MR) is 62.1 cm³/mol. The van der Waals surface area contributed by atoms with Gasteiger partial charge in [-0.2, -0.15) is 0 Å². The van der Waals surface area contributed by atoms with E-state index in [4.69, 9.17) is 4.74 Å². The first-order chi connectivity index (χ1) is 7.27. The van der Waals surface area contributed by atoms with Crippen molar-refractivity contribution in [2.24, 2.45) is 0 Å². The number of thioether (sulfide) groups is 1. The van der Waals surface area contributed by atoms with Crippen LogP contribution in [0.5, 0.6) is 0 Å². The van der Waals surface area contributed by atoms with E-state index in [1.54, 1.807) is 25.1 Å². The second-order valence-corrected chi connectivity index (χ2v) is 4.35. The fourth-order valence-electron chi connectivity index (χ4n) is 1.13. The Morgan fingerprint density at radius 3 is 2.87 bits per heavy atom. The summed E-state index contributed by atoms with van der Waals surface area (Å²) in [5.74, 6) is 0.924. The molecule has 0 bridgehead atoms. The van der Waals surface area contributed by atoms with E-state index in [1.807, 2.05) is 19.1 Å². The van der Waals surface area contributed by atoms with Crippen LogP contribution in [0.2, 0.25) is 0 Å². The molecular formula is C11H17NO2S. The first-order valence-corrected chi connectivity index (χ1v) is 6.02. The van der Waals surface area contributed by atoms with Crippen LogP contribution < -0.4 is 0 Å². The zero-order chi connectivity index (χ0) is 11.1. The van der Waals surface area contributed by atoms with Crippen molar-refractivity contribution in [2.75, 3.05) is 19.5 Å². The molecule has 1 heterocycles. The fraction of sp³-hybridized carbons (Fsp3) is 0.545. The number of aromatic nitrogens is 1. The largest absolute Gasteiger partial charge is 0.387 e. The van der Waals surface area contributed by atoms with Gasteiger partial charge in [-0.1, -0.05) is 6.92 Å². The average Bonchev–Trinajstić information content (AvgIpc) is 2.29. The molecule has 0 aliphatic carbocycles. The van der Waals surface area contributed by atoms with E-state index in [9.17, 15) is 5.11 Å². The maximum absolute atomic E-state index is 9.54. The van der Waals surface area contributed by atoms with Crippen molar-refractivity contribution in [1.29, 1.82) is 0 Å². The van der Waals surface area contributed by atoms with Gasteiger partial charge in [-0.05, 0) is 18.6 Å². The van der Waals surface area contributed by atoms with Crippen molar-refractivity contribution >= 4 is 11.8 Å². The van der Waals surface area contributed by atoms with Crippen LogP contribution in [0.3, 0.4) is 0 Å². The molecule has 0 aliphatic rings. The summed E-state index contributed by atoms with van der Waals surface area (Å²) in [5.41, 5.74) is 0.744. The Kier molecular flexibility index (Phi) is 5.68. The lowest BCUT2D eigenvalue weighted by atomic mass is 10.2. The molecule has 0 radical (unpaired) electrons. The van der Waals surface area contributed by atoms with Gasteiger partial charge in [-0.25, -0.2) is 0 Å². The molecule has 3 nitrogen and oxygen atoms in total. The first-order valence-electron chi connectivity index (χ1n) is 5.03. The molecule has 0 saturated carbocycles. The molecular weight excluding hydrogens is 210 g/mol. The van der Waals surface area contributed by atoms with Gasteiger partial charge in [-0.3, -0.25) is 4.98 Å². The number of hydrogen-bond acceptors (Lipinski definition) is 4. The second kappa shape index (κ2) is 6.82. The summed E-state index contributed by atoms with van der Waals surface area (Å²) in [6.07, 6.45) is 2.06. The minimum absolute atomic E-state index is 0.442. The van der Waals surface area contributed by atoms with E-state index in [0.29, 0.717) is 6.42 Å². The summed E-state index contributed by atoms with van der Waals surface area (Å²) in [6, 6.07) is 3.87. The van der Waals surface area contributed by atoms with Crippen molar-refractivity contribution < 1.29 is 9.84 Å². The molecule has 15 heavy (non-hydrogen) atoms. The Balaban J connectivity index is 2.49. The van der Waals surface area contributed by atoms with Gasteiger partial charge in [0.2, 0.25) is 0 Å². The van der Waals surface area contributed by atoms with Crippen LogP contribution >= 0.6 is 11.8 Å². The van der Waals surface area contributed by atoms with Crippen molar-refractivity contribution in [2.45, 2.75) is 24.3 Å². The van der Waals surface area contributed by atoms with Crippen LogP contribution in [0.25, 0.3) is 0 Å². The van der Waals surface area contributed by atoms with Crippen molar-refractivity contribution in [3.63, 3.8) is 0 Å². The lowest BCUT2D eigenvalue weighted by molar-refractivity contribution is 0.169. The van der Waals surface area contributed by atoms with Crippen LogP contribution in [-0.4, -0.2) is 29.6 Å². The summed E-state index contributed by atoms with van der Waals surface area (Å²) in [7, 11) is 1.69. The molecule has 0 aliphatic heterocycles. The minimum atomic E-state index is -0.442. The van der Waals surface area contributed by atoms with Gasteiger partial charge < -0.3 is 9.84 Å². The highest BCUT2D eigenvalue weighted by Gasteiger charge is 2.05. The quantitative estimate of drug-likeness (QED) is 0.598. The molecule has 0 amide bonds. The molecule has 1 N–H and O–H groups in total. The Labute approximate surface area is 94.9 Å². The number of ether oxygens (including phenoxy) is 1. The van der Waals surface area contributed by atoms with Gasteiger partial charge in [0.15, 0.2) is 0 Å². The van der Waals surface area contributed by atoms with Gasteiger partial charge in [0.05, 0.1) is 18.4 Å². The smallest absolute Gasteiger partial charge is 0.0957 e. The topological polar surface area (TPSA) is 42.4 Å². The summed E-state index contributed by atoms with van der Waals surface area (Å²) < 4.78 is 4.96. The normalized spacial score (nSPS) is 12.7. The molecule has 1 atom stereocenters. The van der Waals surface area contributed by atoms with E-state index in [-0.39, 0.29) is 0 Å². The van der Waals surface area contributed by atoms with E-state index in [1.165, 1.54) is 0 Å². The van der Waals surface area contributed by atoms with Crippen molar-refractivity contribution in [3.8, 4) is 0 Å². The van der Waals surface area contributed by atoms with Crippen LogP contribution in [-0.2, 0) is 4.74 Å². The van der Waals surface area contributed by atoms with Gasteiger partial charge in [0.25, 0.3) is 0 Å². The van der Waals surface area contributed by atoms with Gasteiger partial charge in [0, 0.05) is 24.0 Å². The number of aliphatic hydroxyl groups is 1. The molecule has 1 aromatic heterocycles. The molecule has 0 fully saturated rings. The third-order valence-electron chi connectivity index (χ3n) is 2.04. The lowest BCUT2D eigenvalue weighted by Crippen LogP contribution is -1.98. The number of methoxy groups -OCH3 is 1. The maximum atomic E-state index is 9.54. The lowest BCUT2D eigenvalue weighted by Gasteiger charge is -2.07. The van der Waals surface area contributed by atoms with Crippen molar-refractivity contribution in [1.82, 2.24) is 4.98 Å². The molecule has 1 unspecified atom stereocenters. The average molecular weight is 227 g/mol. The van der Waals surface area contributed by atoms with Gasteiger partial charge in [0.1, 0.15) is 0 Å². The SMILES string of the molecule is CCC(O)c1ccc(SCCOC)cn1. The molecule has 1 rings (SSSR count).